The molecule has 1 aromatic carbocycles. The average molecular weight is 513 g/mol. The van der Waals surface area contributed by atoms with Gasteiger partial charge in [0, 0.05) is 24.2 Å². The predicted molar refractivity (Wildman–Crippen MR) is 130 cm³/mol. The van der Waals surface area contributed by atoms with Gasteiger partial charge in [-0.3, -0.25) is 14.4 Å². The number of carbonyl (C=O) groups excluding carboxylic acids is 3. The zero-order valence-corrected chi connectivity index (χ0v) is 21.3. The van der Waals surface area contributed by atoms with Gasteiger partial charge in [0.05, 0.1) is 12.3 Å². The molecule has 196 valence electrons. The highest BCUT2D eigenvalue weighted by Crippen LogP contribution is 2.65. The van der Waals surface area contributed by atoms with Crippen molar-refractivity contribution in [2.75, 3.05) is 6.54 Å². The molecule has 2 heterocycles. The van der Waals surface area contributed by atoms with Crippen LogP contribution >= 0.6 is 0 Å². The topological polar surface area (TPSA) is 128 Å². The minimum atomic E-state index is -3.65. The Kier molecular flexibility index (Phi) is 6.65. The number of aromatic nitrogens is 2. The van der Waals surface area contributed by atoms with Crippen LogP contribution in [-0.4, -0.2) is 57.4 Å². The van der Waals surface area contributed by atoms with Crippen molar-refractivity contribution < 1.29 is 23.2 Å². The van der Waals surface area contributed by atoms with Crippen molar-refractivity contribution in [3.63, 3.8) is 0 Å². The van der Waals surface area contributed by atoms with Gasteiger partial charge in [-0.15, -0.1) is 0 Å². The van der Waals surface area contributed by atoms with Gasteiger partial charge in [0.25, 0.3) is 5.91 Å². The van der Waals surface area contributed by atoms with Crippen LogP contribution in [0.25, 0.3) is 10.8 Å². The Morgan fingerprint density at radius 1 is 1.22 bits per heavy atom. The number of hydrogen-bond acceptors (Lipinski definition) is 6. The number of likely N-dealkylation sites (tertiary alicyclic amines) is 1. The van der Waals surface area contributed by atoms with E-state index in [-0.39, 0.29) is 29.5 Å². The fourth-order valence-corrected chi connectivity index (χ4v) is 5.43. The zero-order valence-electron chi connectivity index (χ0n) is 21.3. The quantitative estimate of drug-likeness (QED) is 0.587. The average Bonchev–Trinajstić information content (AvgIpc) is 3.17. The van der Waals surface area contributed by atoms with Crippen LogP contribution in [0.4, 0.5) is 8.78 Å². The van der Waals surface area contributed by atoms with E-state index in [0.717, 1.165) is 5.39 Å². The van der Waals surface area contributed by atoms with Crippen molar-refractivity contribution in [2.45, 2.75) is 58.7 Å². The summed E-state index contributed by atoms with van der Waals surface area (Å²) >= 11 is 0. The minimum absolute atomic E-state index is 0.0289. The largest absolute Gasteiger partial charge is 0.339 e. The lowest BCUT2D eigenvalue weighted by Crippen LogP contribution is -2.58. The summed E-state index contributed by atoms with van der Waals surface area (Å²) in [5, 5.41) is 24.2. The number of alkyl halides is 2. The third kappa shape index (κ3) is 4.72. The third-order valence-electron chi connectivity index (χ3n) is 7.67. The molecule has 2 unspecified atom stereocenters. The number of nitrogens with one attached hydrogen (secondary N) is 2. The molecule has 37 heavy (non-hydrogen) atoms. The van der Waals surface area contributed by atoms with Gasteiger partial charge in [0.1, 0.15) is 17.8 Å². The number of benzene rings is 1. The van der Waals surface area contributed by atoms with Crippen molar-refractivity contribution in [3.8, 4) is 6.07 Å². The molecule has 2 N–H and O–H groups in total. The number of carbonyl (C=O) groups is 3. The Hall–Kier alpha value is -3.68. The Balaban J connectivity index is 1.61. The standard InChI is InChI=1S/C26H30F2N6O3/c1-13(2)19(32-24(37)26(5,27)28)23(36)34-12-16-18(25(16,3)4)21(34)22(35)31-17(10-29)20-15-9-7-6-8-14(15)11-30-33-20/h6-9,11,13,16-19,21H,12H2,1-5H3,(H,31,35)(H,32,37)/t16-,17?,18-,19?,21-/m0/s1. The van der Waals surface area contributed by atoms with Gasteiger partial charge in [0.15, 0.2) is 6.04 Å². The molecule has 4 rings (SSSR count). The Morgan fingerprint density at radius 3 is 2.51 bits per heavy atom. The van der Waals surface area contributed by atoms with Gasteiger partial charge >= 0.3 is 5.92 Å². The monoisotopic (exact) mass is 512 g/mol. The minimum Gasteiger partial charge on any atom is -0.339 e. The van der Waals surface area contributed by atoms with Crippen LogP contribution in [0.2, 0.25) is 0 Å². The lowest BCUT2D eigenvalue weighted by atomic mass is 9.97. The molecule has 1 aliphatic heterocycles. The van der Waals surface area contributed by atoms with Crippen molar-refractivity contribution in [1.29, 1.82) is 5.26 Å². The first kappa shape index (κ1) is 26.4. The van der Waals surface area contributed by atoms with Crippen LogP contribution in [0.1, 0.15) is 46.4 Å². The predicted octanol–water partition coefficient (Wildman–Crippen LogP) is 2.59. The second-order valence-corrected chi connectivity index (χ2v) is 10.9. The second-order valence-electron chi connectivity index (χ2n) is 10.9. The molecule has 1 aliphatic carbocycles. The maximum Gasteiger partial charge on any atom is 0.321 e. The maximum atomic E-state index is 13.6. The number of halogens is 2. The number of nitrogens with zero attached hydrogens (tertiary/aromatic N) is 4. The summed E-state index contributed by atoms with van der Waals surface area (Å²) in [5.74, 6) is -6.99. The van der Waals surface area contributed by atoms with E-state index in [1.807, 2.05) is 26.0 Å². The molecule has 2 fully saturated rings. The maximum absolute atomic E-state index is 13.6. The van der Waals surface area contributed by atoms with E-state index < -0.39 is 47.7 Å². The summed E-state index contributed by atoms with van der Waals surface area (Å²) in [5.41, 5.74) is 0.0710. The lowest BCUT2D eigenvalue weighted by Gasteiger charge is -2.34. The molecule has 3 amide bonds. The first-order chi connectivity index (χ1) is 17.3. The summed E-state index contributed by atoms with van der Waals surface area (Å²) < 4.78 is 27.1. The summed E-state index contributed by atoms with van der Waals surface area (Å²) in [6.45, 7) is 7.99. The van der Waals surface area contributed by atoms with Crippen molar-refractivity contribution in [2.24, 2.45) is 23.2 Å². The molecule has 0 bridgehead atoms. The summed E-state index contributed by atoms with van der Waals surface area (Å²) in [4.78, 5) is 40.5. The smallest absolute Gasteiger partial charge is 0.321 e. The number of hydrogen-bond donors (Lipinski definition) is 2. The van der Waals surface area contributed by atoms with Crippen LogP contribution in [-0.2, 0) is 14.4 Å². The molecule has 9 nitrogen and oxygen atoms in total. The molecular weight excluding hydrogens is 482 g/mol. The van der Waals surface area contributed by atoms with Crippen LogP contribution in [0.5, 0.6) is 0 Å². The zero-order chi connectivity index (χ0) is 27.3. The van der Waals surface area contributed by atoms with E-state index in [0.29, 0.717) is 12.3 Å². The van der Waals surface area contributed by atoms with Gasteiger partial charge in [0.2, 0.25) is 11.8 Å². The SMILES string of the molecule is CC(C)C(NC(=O)C(C)(F)F)C(=O)N1C[C@H]2[C@@H]([C@H]1C(=O)NC(C#N)c1nncc3ccccc13)C2(C)C. The fraction of sp³-hybridized carbons (Fsp3) is 0.538. The molecule has 1 saturated carbocycles. The number of fused-ring (bicyclic) bond motifs is 2. The molecule has 2 aliphatic rings. The lowest BCUT2D eigenvalue weighted by molar-refractivity contribution is -0.150. The van der Waals surface area contributed by atoms with E-state index in [1.165, 1.54) is 4.90 Å². The van der Waals surface area contributed by atoms with E-state index in [9.17, 15) is 28.4 Å². The van der Waals surface area contributed by atoms with Gasteiger partial charge in [-0.25, -0.2) is 0 Å². The first-order valence-electron chi connectivity index (χ1n) is 12.2. The molecule has 0 spiro atoms. The Bertz CT molecular complexity index is 1280. The Morgan fingerprint density at radius 2 is 1.89 bits per heavy atom. The molecule has 0 radical (unpaired) electrons. The highest BCUT2D eigenvalue weighted by atomic mass is 19.3. The number of rotatable bonds is 7. The van der Waals surface area contributed by atoms with E-state index in [4.69, 9.17) is 0 Å². The number of amides is 3. The first-order valence-corrected chi connectivity index (χ1v) is 12.2. The van der Waals surface area contributed by atoms with Crippen LogP contribution in [0.15, 0.2) is 30.5 Å². The van der Waals surface area contributed by atoms with Gasteiger partial charge in [-0.2, -0.15) is 24.2 Å². The molecule has 2 aromatic rings. The van der Waals surface area contributed by atoms with Gasteiger partial charge in [-0.1, -0.05) is 52.0 Å². The molecule has 5 atom stereocenters. The van der Waals surface area contributed by atoms with Gasteiger partial charge < -0.3 is 15.5 Å². The van der Waals surface area contributed by atoms with Crippen LogP contribution < -0.4 is 10.6 Å². The fourth-order valence-electron chi connectivity index (χ4n) is 5.43. The van der Waals surface area contributed by atoms with Crippen LogP contribution in [0.3, 0.4) is 0 Å². The summed E-state index contributed by atoms with van der Waals surface area (Å²) in [6, 6.07) is 6.00. The molecule has 1 aromatic heterocycles. The van der Waals surface area contributed by atoms with E-state index in [2.05, 4.69) is 26.9 Å². The summed E-state index contributed by atoms with van der Waals surface area (Å²) in [7, 11) is 0. The second kappa shape index (κ2) is 9.32. The summed E-state index contributed by atoms with van der Waals surface area (Å²) in [6.07, 6.45) is 1.56. The van der Waals surface area contributed by atoms with E-state index in [1.54, 1.807) is 32.2 Å². The van der Waals surface area contributed by atoms with E-state index >= 15 is 0 Å². The van der Waals surface area contributed by atoms with Gasteiger partial charge in [-0.05, 0) is 23.2 Å². The molecule has 1 saturated heterocycles. The highest BCUT2D eigenvalue weighted by Gasteiger charge is 2.69. The Labute approximate surface area is 213 Å². The number of piperidine rings is 1. The normalized spacial score (nSPS) is 23.6. The highest BCUT2D eigenvalue weighted by molar-refractivity contribution is 5.95. The third-order valence-corrected chi connectivity index (χ3v) is 7.67. The van der Waals surface area contributed by atoms with Crippen molar-refractivity contribution >= 4 is 28.5 Å². The number of nitriles is 1. The van der Waals surface area contributed by atoms with Crippen LogP contribution in [0, 0.1) is 34.5 Å². The van der Waals surface area contributed by atoms with Crippen molar-refractivity contribution in [3.05, 3.63) is 36.2 Å². The molecular formula is C26H30F2N6O3. The molecule has 11 heteroatoms. The van der Waals surface area contributed by atoms with Crippen molar-refractivity contribution in [1.82, 2.24) is 25.7 Å².